The number of nitrogens with one attached hydrogen (secondary N) is 1. The number of nitrogens with two attached hydrogens (primary N) is 1. The summed E-state index contributed by atoms with van der Waals surface area (Å²) < 4.78 is 19.9. The molecule has 0 saturated carbocycles. The lowest BCUT2D eigenvalue weighted by Crippen LogP contribution is -2.39. The molecule has 0 bridgehead atoms. The zero-order valence-electron chi connectivity index (χ0n) is 15.3. The second-order valence-electron chi connectivity index (χ2n) is 6.44. The molecule has 0 spiro atoms. The van der Waals surface area contributed by atoms with Gasteiger partial charge < -0.3 is 10.5 Å². The zero-order chi connectivity index (χ0) is 20.6. The number of ether oxygens (including phenoxy) is 1. The summed E-state index contributed by atoms with van der Waals surface area (Å²) in [6.07, 6.45) is 1.44. The smallest absolute Gasteiger partial charge is 0.263 e. The quantitative estimate of drug-likeness (QED) is 0.646. The highest BCUT2D eigenvalue weighted by molar-refractivity contribution is 6.32. The highest BCUT2D eigenvalue weighted by Gasteiger charge is 2.46. The van der Waals surface area contributed by atoms with Crippen molar-refractivity contribution in [3.63, 3.8) is 0 Å². The third-order valence-electron chi connectivity index (χ3n) is 4.77. The first-order chi connectivity index (χ1) is 14.0. The average Bonchev–Trinajstić information content (AvgIpc) is 3.04. The molecule has 2 aromatic carbocycles. The summed E-state index contributed by atoms with van der Waals surface area (Å²) in [6.45, 7) is 0. The Kier molecular flexibility index (Phi) is 4.68. The molecule has 1 atom stereocenters. The molecule has 2 heterocycles. The van der Waals surface area contributed by atoms with Gasteiger partial charge in [-0.1, -0.05) is 48.0 Å². The minimum Gasteiger partial charge on any atom is -0.495 e. The predicted molar refractivity (Wildman–Crippen MR) is 108 cm³/mol. The number of carbonyl (C=O) groups excluding carboxylic acids is 1. The monoisotopic (exact) mass is 410 g/mol. The third kappa shape index (κ3) is 3.09. The molecule has 29 heavy (non-hydrogen) atoms. The van der Waals surface area contributed by atoms with Crippen LogP contribution in [-0.4, -0.2) is 24.0 Å². The van der Waals surface area contributed by atoms with E-state index in [0.717, 1.165) is 0 Å². The Bertz CT molecular complexity index is 1140. The van der Waals surface area contributed by atoms with Crippen LogP contribution in [0, 0.1) is 5.82 Å². The topological polar surface area (TPSA) is 89.6 Å². The number of aromatic nitrogens is 1. The molecule has 3 aromatic rings. The number of rotatable bonds is 4. The van der Waals surface area contributed by atoms with E-state index >= 15 is 0 Å². The minimum absolute atomic E-state index is 0.00851. The molecule has 146 valence electrons. The van der Waals surface area contributed by atoms with Crippen LogP contribution in [0.4, 0.5) is 4.39 Å². The van der Waals surface area contributed by atoms with E-state index in [1.54, 1.807) is 30.3 Å². The van der Waals surface area contributed by atoms with E-state index in [1.807, 2.05) is 6.07 Å². The maximum absolute atomic E-state index is 14.8. The number of pyridine rings is 1. The van der Waals surface area contributed by atoms with Crippen LogP contribution in [0.2, 0.25) is 5.15 Å². The van der Waals surface area contributed by atoms with E-state index in [4.69, 9.17) is 22.1 Å². The number of guanidine groups is 1. The summed E-state index contributed by atoms with van der Waals surface area (Å²) >= 11 is 6.22. The number of methoxy groups -OCH3 is 1. The lowest BCUT2D eigenvalue weighted by Gasteiger charge is -2.25. The van der Waals surface area contributed by atoms with E-state index in [-0.39, 0.29) is 16.7 Å². The van der Waals surface area contributed by atoms with Crippen molar-refractivity contribution >= 4 is 23.5 Å². The van der Waals surface area contributed by atoms with Gasteiger partial charge in [0.25, 0.3) is 5.91 Å². The van der Waals surface area contributed by atoms with Gasteiger partial charge in [0, 0.05) is 11.1 Å². The Morgan fingerprint density at radius 3 is 2.52 bits per heavy atom. The van der Waals surface area contributed by atoms with Crippen molar-refractivity contribution in [2.24, 2.45) is 10.7 Å². The summed E-state index contributed by atoms with van der Waals surface area (Å²) in [5.41, 5.74) is 5.92. The molecule has 0 aliphatic carbocycles. The Morgan fingerprint density at radius 1 is 1.10 bits per heavy atom. The lowest BCUT2D eigenvalue weighted by molar-refractivity contribution is -0.122. The van der Waals surface area contributed by atoms with Crippen molar-refractivity contribution in [1.82, 2.24) is 10.3 Å². The van der Waals surface area contributed by atoms with Gasteiger partial charge in [-0.3, -0.25) is 10.1 Å². The van der Waals surface area contributed by atoms with Crippen molar-refractivity contribution in [3.8, 4) is 16.9 Å². The fourth-order valence-corrected chi connectivity index (χ4v) is 3.59. The van der Waals surface area contributed by atoms with Crippen LogP contribution in [0.5, 0.6) is 5.75 Å². The molecule has 0 radical (unpaired) electrons. The Morgan fingerprint density at radius 2 is 1.86 bits per heavy atom. The van der Waals surface area contributed by atoms with Gasteiger partial charge in [0.2, 0.25) is 0 Å². The van der Waals surface area contributed by atoms with Crippen molar-refractivity contribution in [2.45, 2.75) is 5.54 Å². The normalized spacial score (nSPS) is 18.3. The maximum atomic E-state index is 14.8. The summed E-state index contributed by atoms with van der Waals surface area (Å²) in [4.78, 5) is 21.4. The first-order valence-electron chi connectivity index (χ1n) is 8.68. The maximum Gasteiger partial charge on any atom is 0.263 e. The summed E-state index contributed by atoms with van der Waals surface area (Å²) in [5.74, 6) is -0.531. The molecule has 6 nitrogen and oxygen atoms in total. The summed E-state index contributed by atoms with van der Waals surface area (Å²) in [7, 11) is 1.48. The molecular weight excluding hydrogens is 395 g/mol. The molecule has 4 rings (SSSR count). The van der Waals surface area contributed by atoms with Gasteiger partial charge in [0.15, 0.2) is 11.5 Å². The zero-order valence-corrected chi connectivity index (χ0v) is 16.1. The van der Waals surface area contributed by atoms with Gasteiger partial charge in [0.1, 0.15) is 16.7 Å². The fraction of sp³-hybridized carbons (Fsp3) is 0.0952. The van der Waals surface area contributed by atoms with Crippen LogP contribution in [0.15, 0.2) is 65.8 Å². The third-order valence-corrected chi connectivity index (χ3v) is 5.08. The van der Waals surface area contributed by atoms with Crippen LogP contribution in [0.25, 0.3) is 11.1 Å². The molecular formula is C21H16ClFN4O2. The van der Waals surface area contributed by atoms with Gasteiger partial charge >= 0.3 is 0 Å². The number of aliphatic imine (C=N–C) groups is 1. The van der Waals surface area contributed by atoms with Crippen LogP contribution in [-0.2, 0) is 10.3 Å². The standard InChI is InChI=1S/C21H16ClFN4O2/c1-29-14-10-16(18(22)25-11-14)15-9-13(7-8-17(15)23)21(12-5-3-2-4-6-12)19(28)26-20(24)27-21/h2-11H,1H3,(H3,24,26,27,28). The van der Waals surface area contributed by atoms with Crippen molar-refractivity contribution < 1.29 is 13.9 Å². The van der Waals surface area contributed by atoms with Gasteiger partial charge in [-0.15, -0.1) is 0 Å². The van der Waals surface area contributed by atoms with Crippen molar-refractivity contribution in [1.29, 1.82) is 0 Å². The van der Waals surface area contributed by atoms with Crippen LogP contribution in [0.1, 0.15) is 11.1 Å². The number of benzene rings is 2. The second kappa shape index (κ2) is 7.18. The summed E-state index contributed by atoms with van der Waals surface area (Å²) in [6, 6.07) is 14.8. The van der Waals surface area contributed by atoms with Crippen LogP contribution in [0.3, 0.4) is 0 Å². The number of hydrogen-bond acceptors (Lipinski definition) is 5. The van der Waals surface area contributed by atoms with E-state index in [2.05, 4.69) is 15.3 Å². The largest absolute Gasteiger partial charge is 0.495 e. The van der Waals surface area contributed by atoms with Crippen molar-refractivity contribution in [3.05, 3.63) is 82.9 Å². The molecule has 1 aliphatic heterocycles. The summed E-state index contributed by atoms with van der Waals surface area (Å²) in [5, 5.41) is 2.65. The number of carbonyl (C=O) groups is 1. The van der Waals surface area contributed by atoms with Gasteiger partial charge in [0.05, 0.1) is 13.3 Å². The lowest BCUT2D eigenvalue weighted by atomic mass is 9.82. The van der Waals surface area contributed by atoms with E-state index in [1.165, 1.54) is 31.5 Å². The van der Waals surface area contributed by atoms with Crippen LogP contribution < -0.4 is 15.8 Å². The first kappa shape index (κ1) is 18.9. The van der Waals surface area contributed by atoms with E-state index in [0.29, 0.717) is 22.4 Å². The molecule has 0 fully saturated rings. The van der Waals surface area contributed by atoms with Gasteiger partial charge in [-0.25, -0.2) is 14.4 Å². The number of hydrogen-bond donors (Lipinski definition) is 2. The highest BCUT2D eigenvalue weighted by atomic mass is 35.5. The minimum atomic E-state index is -1.44. The van der Waals surface area contributed by atoms with Crippen LogP contribution >= 0.6 is 11.6 Å². The van der Waals surface area contributed by atoms with Gasteiger partial charge in [-0.2, -0.15) is 0 Å². The molecule has 3 N–H and O–H groups in total. The Labute approximate surface area is 171 Å². The second-order valence-corrected chi connectivity index (χ2v) is 6.79. The van der Waals surface area contributed by atoms with E-state index < -0.39 is 17.3 Å². The van der Waals surface area contributed by atoms with Gasteiger partial charge in [-0.05, 0) is 29.3 Å². The molecule has 0 saturated heterocycles. The highest BCUT2D eigenvalue weighted by Crippen LogP contribution is 2.40. The first-order valence-corrected chi connectivity index (χ1v) is 9.05. The Balaban J connectivity index is 1.96. The molecule has 1 aliphatic rings. The predicted octanol–water partition coefficient (Wildman–Crippen LogP) is 3.24. The Hall–Kier alpha value is -3.45. The SMILES string of the molecule is COc1cnc(Cl)c(-c2cc(C3(c4ccccc4)N=C(N)NC3=O)ccc2F)c1. The fourth-order valence-electron chi connectivity index (χ4n) is 3.39. The number of amides is 1. The number of nitrogens with zero attached hydrogens (tertiary/aromatic N) is 2. The molecule has 1 amide bonds. The van der Waals surface area contributed by atoms with E-state index in [9.17, 15) is 9.18 Å². The molecule has 1 unspecified atom stereocenters. The number of halogens is 2. The molecule has 1 aromatic heterocycles. The van der Waals surface area contributed by atoms with Crippen molar-refractivity contribution in [2.75, 3.05) is 7.11 Å². The molecule has 8 heteroatoms. The average molecular weight is 411 g/mol.